The van der Waals surface area contributed by atoms with Crippen molar-refractivity contribution < 1.29 is 19.4 Å². The second kappa shape index (κ2) is 6.21. The average molecular weight is 290 g/mol. The van der Waals surface area contributed by atoms with Crippen LogP contribution in [-0.4, -0.2) is 29.3 Å². The van der Waals surface area contributed by atoms with Gasteiger partial charge in [0.1, 0.15) is 11.6 Å². The van der Waals surface area contributed by atoms with Gasteiger partial charge in [0.2, 0.25) is 0 Å². The lowest BCUT2D eigenvalue weighted by Gasteiger charge is -2.23. The van der Waals surface area contributed by atoms with Crippen molar-refractivity contribution in [2.75, 3.05) is 13.2 Å². The van der Waals surface area contributed by atoms with Crippen LogP contribution >= 0.6 is 11.6 Å². The van der Waals surface area contributed by atoms with E-state index in [2.05, 4.69) is 5.32 Å². The Labute approximate surface area is 116 Å². The Morgan fingerprint density at radius 2 is 2.11 bits per heavy atom. The van der Waals surface area contributed by atoms with Gasteiger partial charge < -0.3 is 15.5 Å². The Bertz CT molecular complexity index is 477. The number of aromatic hydroxyl groups is 1. The number of carbonyl (C=O) groups excluding carboxylic acids is 1. The van der Waals surface area contributed by atoms with Crippen molar-refractivity contribution in [3.63, 3.8) is 0 Å². The molecule has 0 spiro atoms. The Morgan fingerprint density at radius 1 is 1.47 bits per heavy atom. The summed E-state index contributed by atoms with van der Waals surface area (Å²) in [5, 5.41) is 20.9. The zero-order chi connectivity index (χ0) is 14.6. The molecule has 3 N–H and O–H groups in total. The second-order valence-electron chi connectivity index (χ2n) is 5.10. The molecular weight excluding hydrogens is 273 g/mol. The number of hydrogen-bond acceptors (Lipinski definition) is 3. The van der Waals surface area contributed by atoms with E-state index in [-0.39, 0.29) is 22.6 Å². The fraction of sp³-hybridized carbons (Fsp3) is 0.462. The predicted octanol–water partition coefficient (Wildman–Crippen LogP) is 2.32. The van der Waals surface area contributed by atoms with Crippen molar-refractivity contribution in [3.8, 4) is 5.75 Å². The molecule has 0 aliphatic rings. The number of amides is 1. The molecule has 1 amide bonds. The minimum Gasteiger partial charge on any atom is -0.506 e. The number of carbonyl (C=O) groups is 1. The molecule has 106 valence electrons. The van der Waals surface area contributed by atoms with Gasteiger partial charge >= 0.3 is 0 Å². The summed E-state index contributed by atoms with van der Waals surface area (Å²) in [7, 11) is 0. The monoisotopic (exact) mass is 289 g/mol. The molecule has 0 aromatic heterocycles. The summed E-state index contributed by atoms with van der Waals surface area (Å²) >= 11 is 5.60. The highest BCUT2D eigenvalue weighted by Crippen LogP contribution is 2.28. The first-order chi connectivity index (χ1) is 8.76. The van der Waals surface area contributed by atoms with Crippen molar-refractivity contribution in [2.24, 2.45) is 5.41 Å². The number of aliphatic hydroxyl groups excluding tert-OH is 1. The topological polar surface area (TPSA) is 69.6 Å². The Hall–Kier alpha value is -1.33. The molecule has 0 bridgehead atoms. The van der Waals surface area contributed by atoms with Crippen LogP contribution in [0.3, 0.4) is 0 Å². The molecule has 0 aliphatic heterocycles. The van der Waals surface area contributed by atoms with Gasteiger partial charge in [0.05, 0.1) is 10.6 Å². The van der Waals surface area contributed by atoms with Gasteiger partial charge in [-0.2, -0.15) is 0 Å². The highest BCUT2D eigenvalue weighted by Gasteiger charge is 2.21. The zero-order valence-electron chi connectivity index (χ0n) is 10.8. The van der Waals surface area contributed by atoms with Gasteiger partial charge in [-0.05, 0) is 24.0 Å². The second-order valence-corrected chi connectivity index (χ2v) is 5.51. The zero-order valence-corrected chi connectivity index (χ0v) is 11.6. The third-order valence-electron chi connectivity index (χ3n) is 2.79. The molecule has 0 saturated carbocycles. The van der Waals surface area contributed by atoms with Crippen LogP contribution in [0.1, 0.15) is 30.6 Å². The molecule has 1 aromatic rings. The third-order valence-corrected chi connectivity index (χ3v) is 3.08. The van der Waals surface area contributed by atoms with E-state index in [0.717, 1.165) is 12.1 Å². The van der Waals surface area contributed by atoms with Gasteiger partial charge in [-0.25, -0.2) is 4.39 Å². The van der Waals surface area contributed by atoms with Crippen LogP contribution in [0.25, 0.3) is 0 Å². The van der Waals surface area contributed by atoms with Crippen molar-refractivity contribution in [3.05, 3.63) is 28.5 Å². The SMILES string of the molecule is CC(C)(CCO)CNC(=O)c1cc(F)cc(Cl)c1O. The number of aliphatic hydroxyl groups is 1. The van der Waals surface area contributed by atoms with Crippen LogP contribution < -0.4 is 5.32 Å². The minimum absolute atomic E-state index is 0.0138. The predicted molar refractivity (Wildman–Crippen MR) is 70.9 cm³/mol. The summed E-state index contributed by atoms with van der Waals surface area (Å²) in [6.07, 6.45) is 0.517. The van der Waals surface area contributed by atoms with Gasteiger partial charge in [0.15, 0.2) is 0 Å². The van der Waals surface area contributed by atoms with E-state index in [1.54, 1.807) is 0 Å². The maximum Gasteiger partial charge on any atom is 0.255 e. The molecule has 1 rings (SSSR count). The molecule has 0 aliphatic carbocycles. The van der Waals surface area contributed by atoms with Crippen molar-refractivity contribution >= 4 is 17.5 Å². The highest BCUT2D eigenvalue weighted by atomic mass is 35.5. The van der Waals surface area contributed by atoms with E-state index in [1.807, 2.05) is 13.8 Å². The Kier molecular flexibility index (Phi) is 5.14. The number of halogens is 2. The summed E-state index contributed by atoms with van der Waals surface area (Å²) < 4.78 is 13.2. The van der Waals surface area contributed by atoms with Crippen LogP contribution in [0.15, 0.2) is 12.1 Å². The third kappa shape index (κ3) is 4.36. The summed E-state index contributed by atoms with van der Waals surface area (Å²) in [6, 6.07) is 1.86. The molecule has 0 atom stereocenters. The summed E-state index contributed by atoms with van der Waals surface area (Å²) in [6.45, 7) is 4.06. The molecule has 0 heterocycles. The summed E-state index contributed by atoms with van der Waals surface area (Å²) in [5.74, 6) is -1.74. The fourth-order valence-electron chi connectivity index (χ4n) is 1.54. The van der Waals surface area contributed by atoms with Gasteiger partial charge in [-0.1, -0.05) is 25.4 Å². The van der Waals surface area contributed by atoms with E-state index in [0.29, 0.717) is 13.0 Å². The number of phenols is 1. The number of rotatable bonds is 5. The summed E-state index contributed by atoms with van der Waals surface area (Å²) in [5.41, 5.74) is -0.498. The van der Waals surface area contributed by atoms with Crippen molar-refractivity contribution in [2.45, 2.75) is 20.3 Å². The van der Waals surface area contributed by atoms with Crippen LogP contribution in [0, 0.1) is 11.2 Å². The standard InChI is InChI=1S/C13H17ClFNO3/c1-13(2,3-4-17)7-16-12(19)9-5-8(15)6-10(14)11(9)18/h5-6,17-18H,3-4,7H2,1-2H3,(H,16,19). The maximum atomic E-state index is 13.2. The van der Waals surface area contributed by atoms with Crippen LogP contribution in [0.2, 0.25) is 5.02 Å². The molecule has 6 heteroatoms. The first-order valence-electron chi connectivity index (χ1n) is 5.84. The van der Waals surface area contributed by atoms with Gasteiger partial charge in [-0.3, -0.25) is 4.79 Å². The first-order valence-corrected chi connectivity index (χ1v) is 6.22. The lowest BCUT2D eigenvalue weighted by Crippen LogP contribution is -2.34. The molecule has 0 unspecified atom stereocenters. The van der Waals surface area contributed by atoms with E-state index >= 15 is 0 Å². The van der Waals surface area contributed by atoms with Crippen molar-refractivity contribution in [1.82, 2.24) is 5.32 Å². The molecule has 0 saturated heterocycles. The lowest BCUT2D eigenvalue weighted by molar-refractivity contribution is 0.0925. The molecule has 1 aromatic carbocycles. The fourth-order valence-corrected chi connectivity index (χ4v) is 1.75. The number of nitrogens with one attached hydrogen (secondary N) is 1. The van der Waals surface area contributed by atoms with Crippen LogP contribution in [0.4, 0.5) is 4.39 Å². The minimum atomic E-state index is -0.692. The lowest BCUT2D eigenvalue weighted by atomic mass is 9.89. The summed E-state index contributed by atoms with van der Waals surface area (Å²) in [4.78, 5) is 11.9. The number of phenolic OH excluding ortho intramolecular Hbond substituents is 1. The number of benzene rings is 1. The van der Waals surface area contributed by atoms with Gasteiger partial charge in [0.25, 0.3) is 5.91 Å². The largest absolute Gasteiger partial charge is 0.506 e. The highest BCUT2D eigenvalue weighted by molar-refractivity contribution is 6.32. The Morgan fingerprint density at radius 3 is 2.68 bits per heavy atom. The van der Waals surface area contributed by atoms with E-state index in [1.165, 1.54) is 0 Å². The Balaban J connectivity index is 2.80. The molecule has 19 heavy (non-hydrogen) atoms. The van der Waals surface area contributed by atoms with Gasteiger partial charge in [-0.15, -0.1) is 0 Å². The molecule has 0 fully saturated rings. The maximum absolute atomic E-state index is 13.2. The van der Waals surface area contributed by atoms with Crippen LogP contribution in [-0.2, 0) is 0 Å². The van der Waals surface area contributed by atoms with Gasteiger partial charge in [0, 0.05) is 13.2 Å². The van der Waals surface area contributed by atoms with Crippen molar-refractivity contribution in [1.29, 1.82) is 0 Å². The van der Waals surface area contributed by atoms with Crippen LogP contribution in [0.5, 0.6) is 5.75 Å². The first kappa shape index (κ1) is 15.7. The smallest absolute Gasteiger partial charge is 0.255 e. The molecular formula is C13H17ClFNO3. The van der Waals surface area contributed by atoms with E-state index in [4.69, 9.17) is 16.7 Å². The molecule has 0 radical (unpaired) electrons. The molecule has 4 nitrogen and oxygen atoms in total. The van der Waals surface area contributed by atoms with E-state index in [9.17, 15) is 14.3 Å². The normalized spacial score (nSPS) is 11.4. The quantitative estimate of drug-likeness (QED) is 0.779. The number of hydrogen-bond donors (Lipinski definition) is 3. The van der Waals surface area contributed by atoms with E-state index < -0.39 is 17.5 Å². The average Bonchev–Trinajstić information content (AvgIpc) is 2.31.